The lowest BCUT2D eigenvalue weighted by atomic mass is 9.83. The molecule has 0 bridgehead atoms. The predicted molar refractivity (Wildman–Crippen MR) is 68.1 cm³/mol. The number of rotatable bonds is 5. The summed E-state index contributed by atoms with van der Waals surface area (Å²) in [6.07, 6.45) is 4.44. The Morgan fingerprint density at radius 3 is 2.61 bits per heavy atom. The molecule has 0 aromatic rings. The Bertz CT molecular complexity index is 351. The first-order valence-electron chi connectivity index (χ1n) is 7.02. The molecule has 1 heterocycles. The maximum atomic E-state index is 12.3. The van der Waals surface area contributed by atoms with Gasteiger partial charge in [-0.15, -0.1) is 0 Å². The zero-order chi connectivity index (χ0) is 13.3. The summed E-state index contributed by atoms with van der Waals surface area (Å²) in [6.45, 7) is 5.01. The predicted octanol–water partition coefficient (Wildman–Crippen LogP) is 2.14. The first kappa shape index (κ1) is 13.4. The Kier molecular flexibility index (Phi) is 3.64. The molecule has 2 rings (SSSR count). The van der Waals surface area contributed by atoms with Crippen molar-refractivity contribution in [3.05, 3.63) is 0 Å². The summed E-state index contributed by atoms with van der Waals surface area (Å²) in [4.78, 5) is 25.5. The van der Waals surface area contributed by atoms with Gasteiger partial charge in [-0.2, -0.15) is 0 Å². The van der Waals surface area contributed by atoms with E-state index in [-0.39, 0.29) is 11.8 Å². The van der Waals surface area contributed by atoms with Crippen LogP contribution in [-0.2, 0) is 9.59 Å². The second kappa shape index (κ2) is 4.90. The highest BCUT2D eigenvalue weighted by atomic mass is 16.4. The largest absolute Gasteiger partial charge is 0.481 e. The third-order valence-corrected chi connectivity index (χ3v) is 4.57. The van der Waals surface area contributed by atoms with Gasteiger partial charge in [-0.3, -0.25) is 9.59 Å². The molecule has 0 aromatic heterocycles. The van der Waals surface area contributed by atoms with Crippen molar-refractivity contribution < 1.29 is 14.7 Å². The Balaban J connectivity index is 2.01. The lowest BCUT2D eigenvalue weighted by Crippen LogP contribution is -2.39. The van der Waals surface area contributed by atoms with Crippen LogP contribution in [0.1, 0.15) is 46.0 Å². The van der Waals surface area contributed by atoms with Crippen molar-refractivity contribution in [3.63, 3.8) is 0 Å². The van der Waals surface area contributed by atoms with Crippen LogP contribution in [0.15, 0.2) is 0 Å². The van der Waals surface area contributed by atoms with Crippen molar-refractivity contribution in [2.45, 2.75) is 46.0 Å². The Hall–Kier alpha value is -1.06. The van der Waals surface area contributed by atoms with Gasteiger partial charge in [-0.25, -0.2) is 0 Å². The van der Waals surface area contributed by atoms with E-state index >= 15 is 0 Å². The SMILES string of the molecule is CCCC1(C(=O)O)CCN(C(=O)C(C)C2CC2)C1. The van der Waals surface area contributed by atoms with E-state index in [1.807, 2.05) is 13.8 Å². The molecule has 0 aromatic carbocycles. The average Bonchev–Trinajstić information content (AvgIpc) is 3.09. The maximum Gasteiger partial charge on any atom is 0.311 e. The molecule has 1 amide bonds. The molecule has 4 heteroatoms. The molecule has 1 aliphatic carbocycles. The number of likely N-dealkylation sites (tertiary alicyclic amines) is 1. The van der Waals surface area contributed by atoms with Crippen LogP contribution in [0.2, 0.25) is 0 Å². The van der Waals surface area contributed by atoms with Crippen LogP contribution in [0.3, 0.4) is 0 Å². The van der Waals surface area contributed by atoms with Crippen molar-refractivity contribution in [2.75, 3.05) is 13.1 Å². The van der Waals surface area contributed by atoms with Gasteiger partial charge in [0.25, 0.3) is 0 Å². The number of hydrogen-bond acceptors (Lipinski definition) is 2. The van der Waals surface area contributed by atoms with E-state index in [1.54, 1.807) is 4.90 Å². The minimum Gasteiger partial charge on any atom is -0.481 e. The summed E-state index contributed by atoms with van der Waals surface area (Å²) >= 11 is 0. The van der Waals surface area contributed by atoms with E-state index in [0.717, 1.165) is 19.3 Å². The van der Waals surface area contributed by atoms with Crippen LogP contribution in [0.4, 0.5) is 0 Å². The summed E-state index contributed by atoms with van der Waals surface area (Å²) in [5, 5.41) is 9.42. The highest BCUT2D eigenvalue weighted by Crippen LogP contribution is 2.40. The van der Waals surface area contributed by atoms with Gasteiger partial charge < -0.3 is 10.0 Å². The normalized spacial score (nSPS) is 29.3. The quantitative estimate of drug-likeness (QED) is 0.816. The van der Waals surface area contributed by atoms with Gasteiger partial charge in [0.2, 0.25) is 5.91 Å². The molecule has 2 atom stereocenters. The number of aliphatic carboxylic acids is 1. The fraction of sp³-hybridized carbons (Fsp3) is 0.857. The first-order valence-corrected chi connectivity index (χ1v) is 7.02. The van der Waals surface area contributed by atoms with E-state index in [2.05, 4.69) is 0 Å². The molecule has 2 unspecified atom stereocenters. The molecule has 2 aliphatic rings. The number of carboxylic acid groups (broad SMARTS) is 1. The molecule has 1 aliphatic heterocycles. The molecule has 18 heavy (non-hydrogen) atoms. The molecular weight excluding hydrogens is 230 g/mol. The first-order chi connectivity index (χ1) is 8.50. The fourth-order valence-electron chi connectivity index (χ4n) is 3.11. The topological polar surface area (TPSA) is 57.6 Å². The number of carbonyl (C=O) groups excluding carboxylic acids is 1. The fourth-order valence-corrected chi connectivity index (χ4v) is 3.11. The van der Waals surface area contributed by atoms with Crippen molar-refractivity contribution in [1.29, 1.82) is 0 Å². The van der Waals surface area contributed by atoms with Gasteiger partial charge in [0.1, 0.15) is 0 Å². The summed E-state index contributed by atoms with van der Waals surface area (Å²) in [5.74, 6) is 0.0511. The molecule has 2 fully saturated rings. The van der Waals surface area contributed by atoms with E-state index in [4.69, 9.17) is 0 Å². The monoisotopic (exact) mass is 253 g/mol. The van der Waals surface area contributed by atoms with Crippen LogP contribution < -0.4 is 0 Å². The summed E-state index contributed by atoms with van der Waals surface area (Å²) in [7, 11) is 0. The van der Waals surface area contributed by atoms with E-state index < -0.39 is 11.4 Å². The van der Waals surface area contributed by atoms with Crippen molar-refractivity contribution >= 4 is 11.9 Å². The second-order valence-electron chi connectivity index (χ2n) is 5.97. The number of amides is 1. The summed E-state index contributed by atoms with van der Waals surface area (Å²) in [6, 6.07) is 0. The molecule has 0 radical (unpaired) electrons. The second-order valence-corrected chi connectivity index (χ2v) is 5.97. The molecule has 4 nitrogen and oxygen atoms in total. The summed E-state index contributed by atoms with van der Waals surface area (Å²) < 4.78 is 0. The van der Waals surface area contributed by atoms with E-state index in [1.165, 1.54) is 0 Å². The van der Waals surface area contributed by atoms with E-state index in [9.17, 15) is 14.7 Å². The lowest BCUT2D eigenvalue weighted by molar-refractivity contribution is -0.149. The van der Waals surface area contributed by atoms with Crippen LogP contribution in [-0.4, -0.2) is 35.0 Å². The number of hydrogen-bond donors (Lipinski definition) is 1. The van der Waals surface area contributed by atoms with Gasteiger partial charge in [0.15, 0.2) is 0 Å². The minimum atomic E-state index is -0.737. The zero-order valence-corrected chi connectivity index (χ0v) is 11.3. The van der Waals surface area contributed by atoms with Crippen molar-refractivity contribution in [1.82, 2.24) is 4.90 Å². The Morgan fingerprint density at radius 2 is 2.11 bits per heavy atom. The van der Waals surface area contributed by atoms with Gasteiger partial charge in [0, 0.05) is 19.0 Å². The highest BCUT2D eigenvalue weighted by molar-refractivity contribution is 5.82. The Labute approximate surface area is 108 Å². The molecule has 1 saturated carbocycles. The molecule has 1 saturated heterocycles. The van der Waals surface area contributed by atoms with Crippen LogP contribution in [0, 0.1) is 17.3 Å². The van der Waals surface area contributed by atoms with Gasteiger partial charge in [0.05, 0.1) is 5.41 Å². The highest BCUT2D eigenvalue weighted by Gasteiger charge is 2.47. The third kappa shape index (κ3) is 2.38. The van der Waals surface area contributed by atoms with Gasteiger partial charge >= 0.3 is 5.97 Å². The van der Waals surface area contributed by atoms with Gasteiger partial charge in [-0.1, -0.05) is 20.3 Å². The lowest BCUT2D eigenvalue weighted by Gasteiger charge is -2.25. The molecule has 1 N–H and O–H groups in total. The number of carboxylic acids is 1. The molecular formula is C14H23NO3. The number of nitrogens with zero attached hydrogens (tertiary/aromatic N) is 1. The third-order valence-electron chi connectivity index (χ3n) is 4.57. The van der Waals surface area contributed by atoms with Crippen molar-refractivity contribution in [2.24, 2.45) is 17.3 Å². The van der Waals surface area contributed by atoms with Crippen LogP contribution >= 0.6 is 0 Å². The van der Waals surface area contributed by atoms with Crippen LogP contribution in [0.5, 0.6) is 0 Å². The average molecular weight is 253 g/mol. The van der Waals surface area contributed by atoms with E-state index in [0.29, 0.717) is 31.8 Å². The van der Waals surface area contributed by atoms with Gasteiger partial charge in [-0.05, 0) is 31.6 Å². The Morgan fingerprint density at radius 1 is 1.44 bits per heavy atom. The summed E-state index contributed by atoms with van der Waals surface area (Å²) in [5.41, 5.74) is -0.687. The number of carbonyl (C=O) groups is 2. The van der Waals surface area contributed by atoms with Crippen molar-refractivity contribution in [3.8, 4) is 0 Å². The van der Waals surface area contributed by atoms with Crippen LogP contribution in [0.25, 0.3) is 0 Å². The minimum absolute atomic E-state index is 0.0798. The molecule has 0 spiro atoms. The smallest absolute Gasteiger partial charge is 0.311 e. The molecule has 102 valence electrons. The maximum absolute atomic E-state index is 12.3. The standard InChI is InChI=1S/C14H23NO3/c1-3-6-14(13(17)18)7-8-15(9-14)12(16)10(2)11-4-5-11/h10-11H,3-9H2,1-2H3,(H,17,18). The zero-order valence-electron chi connectivity index (χ0n) is 11.3.